The van der Waals surface area contributed by atoms with Crippen LogP contribution in [0.4, 0.5) is 4.79 Å². The zero-order valence-corrected chi connectivity index (χ0v) is 13.3. The van der Waals surface area contributed by atoms with Crippen molar-refractivity contribution in [2.45, 2.75) is 26.3 Å². The molecule has 0 radical (unpaired) electrons. The standard InChI is InChI=1S/C15H22ClN3O2/c1-10(2)8-13(11-4-6-12(16)7-5-11)19-15(21)18-9-14(20)17-3/h4-7,10,13H,8-9H2,1-3H3,(H,17,20)(H2,18,19,21). The summed E-state index contributed by atoms with van der Waals surface area (Å²) in [4.78, 5) is 23.0. The van der Waals surface area contributed by atoms with Gasteiger partial charge in [-0.25, -0.2) is 4.79 Å². The van der Waals surface area contributed by atoms with Crippen molar-refractivity contribution in [2.24, 2.45) is 5.92 Å². The summed E-state index contributed by atoms with van der Waals surface area (Å²) in [5.74, 6) is 0.182. The summed E-state index contributed by atoms with van der Waals surface area (Å²) < 4.78 is 0. The molecule has 21 heavy (non-hydrogen) atoms. The van der Waals surface area contributed by atoms with E-state index in [1.807, 2.05) is 12.1 Å². The Morgan fingerprint density at radius 2 is 1.81 bits per heavy atom. The number of likely N-dealkylation sites (N-methyl/N-ethyl adjacent to an activating group) is 1. The Labute approximate surface area is 130 Å². The first kappa shape index (κ1) is 17.3. The Bertz CT molecular complexity index is 474. The average Bonchev–Trinajstić information content (AvgIpc) is 2.44. The molecular formula is C15H22ClN3O2. The smallest absolute Gasteiger partial charge is 0.315 e. The second-order valence-corrected chi connectivity index (χ2v) is 5.67. The topological polar surface area (TPSA) is 70.2 Å². The van der Waals surface area contributed by atoms with Crippen LogP contribution in [-0.2, 0) is 4.79 Å². The predicted molar refractivity (Wildman–Crippen MR) is 84.2 cm³/mol. The van der Waals surface area contributed by atoms with E-state index in [0.717, 1.165) is 12.0 Å². The van der Waals surface area contributed by atoms with E-state index in [1.54, 1.807) is 12.1 Å². The summed E-state index contributed by atoms with van der Waals surface area (Å²) in [7, 11) is 1.52. The Balaban J connectivity index is 2.67. The molecule has 0 bridgehead atoms. The van der Waals surface area contributed by atoms with E-state index in [1.165, 1.54) is 7.05 Å². The third kappa shape index (κ3) is 6.49. The van der Waals surface area contributed by atoms with Gasteiger partial charge < -0.3 is 16.0 Å². The van der Waals surface area contributed by atoms with Crippen molar-refractivity contribution in [3.8, 4) is 0 Å². The fourth-order valence-electron chi connectivity index (χ4n) is 1.90. The molecule has 0 spiro atoms. The van der Waals surface area contributed by atoms with E-state index in [9.17, 15) is 9.59 Å². The van der Waals surface area contributed by atoms with Crippen LogP contribution < -0.4 is 16.0 Å². The van der Waals surface area contributed by atoms with Crippen LogP contribution >= 0.6 is 11.6 Å². The molecule has 0 aliphatic heterocycles. The molecule has 0 saturated heterocycles. The number of carbonyl (C=O) groups is 2. The Kier molecular flexibility index (Phi) is 7.02. The first-order valence-corrected chi connectivity index (χ1v) is 7.30. The largest absolute Gasteiger partial charge is 0.358 e. The fraction of sp³-hybridized carbons (Fsp3) is 0.467. The highest BCUT2D eigenvalue weighted by Crippen LogP contribution is 2.22. The number of hydrogen-bond acceptors (Lipinski definition) is 2. The Hall–Kier alpha value is -1.75. The molecule has 3 N–H and O–H groups in total. The van der Waals surface area contributed by atoms with Gasteiger partial charge >= 0.3 is 6.03 Å². The van der Waals surface area contributed by atoms with Crippen molar-refractivity contribution in [1.29, 1.82) is 0 Å². The van der Waals surface area contributed by atoms with Gasteiger partial charge in [-0.15, -0.1) is 0 Å². The molecule has 0 fully saturated rings. The normalized spacial score (nSPS) is 11.9. The summed E-state index contributed by atoms with van der Waals surface area (Å²) in [5, 5.41) is 8.53. The third-order valence-corrected chi connectivity index (χ3v) is 3.23. The van der Waals surface area contributed by atoms with Gasteiger partial charge in [0.05, 0.1) is 12.6 Å². The second kappa shape index (κ2) is 8.52. The Morgan fingerprint density at radius 1 is 1.19 bits per heavy atom. The molecule has 1 unspecified atom stereocenters. The molecular weight excluding hydrogens is 290 g/mol. The van der Waals surface area contributed by atoms with Gasteiger partial charge in [-0.1, -0.05) is 37.6 Å². The number of halogens is 1. The lowest BCUT2D eigenvalue weighted by molar-refractivity contribution is -0.119. The minimum absolute atomic E-state index is 0.0443. The molecule has 5 nitrogen and oxygen atoms in total. The molecule has 0 aliphatic carbocycles. The van der Waals surface area contributed by atoms with Crippen LogP contribution in [0.15, 0.2) is 24.3 Å². The molecule has 1 aromatic rings. The monoisotopic (exact) mass is 311 g/mol. The van der Waals surface area contributed by atoms with Crippen LogP contribution in [0.2, 0.25) is 5.02 Å². The average molecular weight is 312 g/mol. The Morgan fingerprint density at radius 3 is 2.33 bits per heavy atom. The number of rotatable bonds is 6. The van der Waals surface area contributed by atoms with E-state index >= 15 is 0 Å². The van der Waals surface area contributed by atoms with E-state index < -0.39 is 0 Å². The molecule has 116 valence electrons. The lowest BCUT2D eigenvalue weighted by Gasteiger charge is -2.21. The van der Waals surface area contributed by atoms with Crippen molar-refractivity contribution < 1.29 is 9.59 Å². The highest BCUT2D eigenvalue weighted by Gasteiger charge is 2.16. The summed E-state index contributed by atoms with van der Waals surface area (Å²) in [6, 6.07) is 6.91. The van der Waals surface area contributed by atoms with Gasteiger partial charge in [-0.05, 0) is 30.0 Å². The fourth-order valence-corrected chi connectivity index (χ4v) is 2.03. The quantitative estimate of drug-likeness (QED) is 0.755. The van der Waals surface area contributed by atoms with E-state index in [-0.39, 0.29) is 24.5 Å². The molecule has 0 aliphatic rings. The zero-order chi connectivity index (χ0) is 15.8. The van der Waals surface area contributed by atoms with Crippen LogP contribution in [0.1, 0.15) is 31.9 Å². The van der Waals surface area contributed by atoms with Gasteiger partial charge in [0.25, 0.3) is 0 Å². The lowest BCUT2D eigenvalue weighted by atomic mass is 9.97. The van der Waals surface area contributed by atoms with Crippen molar-refractivity contribution >= 4 is 23.5 Å². The second-order valence-electron chi connectivity index (χ2n) is 5.23. The number of amides is 3. The van der Waals surface area contributed by atoms with Gasteiger partial charge in [-0.2, -0.15) is 0 Å². The predicted octanol–water partition coefficient (Wildman–Crippen LogP) is 2.47. The molecule has 6 heteroatoms. The van der Waals surface area contributed by atoms with Gasteiger partial charge in [0.15, 0.2) is 0 Å². The van der Waals surface area contributed by atoms with E-state index in [2.05, 4.69) is 29.8 Å². The van der Waals surface area contributed by atoms with Crippen LogP contribution in [0, 0.1) is 5.92 Å². The van der Waals surface area contributed by atoms with Gasteiger partial charge in [-0.3, -0.25) is 4.79 Å². The highest BCUT2D eigenvalue weighted by molar-refractivity contribution is 6.30. The molecule has 1 aromatic carbocycles. The van der Waals surface area contributed by atoms with Gasteiger partial charge in [0.2, 0.25) is 5.91 Å². The molecule has 0 saturated carbocycles. The maximum absolute atomic E-state index is 11.9. The maximum Gasteiger partial charge on any atom is 0.315 e. The molecule has 1 rings (SSSR count). The minimum atomic E-state index is -0.362. The summed E-state index contributed by atoms with van der Waals surface area (Å²) in [6.07, 6.45) is 0.801. The first-order valence-electron chi connectivity index (χ1n) is 6.92. The van der Waals surface area contributed by atoms with Crippen LogP contribution in [-0.4, -0.2) is 25.5 Å². The van der Waals surface area contributed by atoms with Gasteiger partial charge in [0.1, 0.15) is 0 Å². The zero-order valence-electron chi connectivity index (χ0n) is 12.6. The van der Waals surface area contributed by atoms with Gasteiger partial charge in [0, 0.05) is 12.1 Å². The first-order chi connectivity index (χ1) is 9.92. The number of benzene rings is 1. The summed E-state index contributed by atoms with van der Waals surface area (Å²) >= 11 is 5.88. The van der Waals surface area contributed by atoms with Crippen molar-refractivity contribution in [3.05, 3.63) is 34.9 Å². The lowest BCUT2D eigenvalue weighted by Crippen LogP contribution is -2.42. The number of carbonyl (C=O) groups excluding carboxylic acids is 2. The molecule has 1 atom stereocenters. The van der Waals surface area contributed by atoms with Crippen LogP contribution in [0.3, 0.4) is 0 Å². The van der Waals surface area contributed by atoms with Crippen molar-refractivity contribution in [1.82, 2.24) is 16.0 Å². The van der Waals surface area contributed by atoms with Crippen LogP contribution in [0.5, 0.6) is 0 Å². The molecule has 0 heterocycles. The van der Waals surface area contributed by atoms with Crippen molar-refractivity contribution in [2.75, 3.05) is 13.6 Å². The highest BCUT2D eigenvalue weighted by atomic mass is 35.5. The van der Waals surface area contributed by atoms with E-state index in [4.69, 9.17) is 11.6 Å². The number of urea groups is 1. The van der Waals surface area contributed by atoms with E-state index in [0.29, 0.717) is 10.9 Å². The maximum atomic E-state index is 11.9. The van der Waals surface area contributed by atoms with Crippen LogP contribution in [0.25, 0.3) is 0 Å². The summed E-state index contributed by atoms with van der Waals surface area (Å²) in [6.45, 7) is 4.14. The minimum Gasteiger partial charge on any atom is -0.358 e. The number of nitrogens with one attached hydrogen (secondary N) is 3. The van der Waals surface area contributed by atoms with Crippen molar-refractivity contribution in [3.63, 3.8) is 0 Å². The third-order valence-electron chi connectivity index (χ3n) is 2.97. The number of hydrogen-bond donors (Lipinski definition) is 3. The molecule has 0 aromatic heterocycles. The SMILES string of the molecule is CNC(=O)CNC(=O)NC(CC(C)C)c1ccc(Cl)cc1. The molecule has 3 amide bonds. The summed E-state index contributed by atoms with van der Waals surface area (Å²) in [5.41, 5.74) is 0.989.